The van der Waals surface area contributed by atoms with E-state index in [2.05, 4.69) is 26.2 Å². The highest BCUT2D eigenvalue weighted by Crippen LogP contribution is 2.25. The van der Waals surface area contributed by atoms with Crippen LogP contribution >= 0.6 is 15.9 Å². The van der Waals surface area contributed by atoms with Gasteiger partial charge >= 0.3 is 5.69 Å². The first-order valence-corrected chi connectivity index (χ1v) is 7.05. The zero-order valence-corrected chi connectivity index (χ0v) is 13.2. The van der Waals surface area contributed by atoms with E-state index in [4.69, 9.17) is 0 Å². The molecule has 0 aromatic carbocycles. The van der Waals surface area contributed by atoms with Gasteiger partial charge in [-0.25, -0.2) is 4.98 Å². The van der Waals surface area contributed by atoms with E-state index in [9.17, 15) is 14.9 Å². The Kier molecular flexibility index (Phi) is 5.87. The number of anilines is 1. The van der Waals surface area contributed by atoms with Gasteiger partial charge in [-0.1, -0.05) is 0 Å². The summed E-state index contributed by atoms with van der Waals surface area (Å²) in [5.41, 5.74) is -0.168. The molecule has 1 N–H and O–H groups in total. The fourth-order valence-corrected chi connectivity index (χ4v) is 2.07. The molecule has 1 heterocycles. The SMILES string of the molecule is CCN(CC)C(=O)C(C)Nc1ncc(Br)cc1[N+](=O)[O-]. The van der Waals surface area contributed by atoms with Gasteiger partial charge in [0.25, 0.3) is 0 Å². The summed E-state index contributed by atoms with van der Waals surface area (Å²) in [6.07, 6.45) is 1.45. The lowest BCUT2D eigenvalue weighted by atomic mass is 10.2. The number of nitro groups is 1. The van der Waals surface area contributed by atoms with Crippen molar-refractivity contribution < 1.29 is 9.72 Å². The van der Waals surface area contributed by atoms with Gasteiger partial charge in [0.1, 0.15) is 6.04 Å². The number of hydrogen-bond acceptors (Lipinski definition) is 5. The summed E-state index contributed by atoms with van der Waals surface area (Å²) in [5.74, 6) is -0.0276. The summed E-state index contributed by atoms with van der Waals surface area (Å²) in [4.78, 5) is 28.2. The van der Waals surface area contributed by atoms with Crippen LogP contribution in [0.1, 0.15) is 20.8 Å². The van der Waals surface area contributed by atoms with Crippen molar-refractivity contribution >= 4 is 33.3 Å². The van der Waals surface area contributed by atoms with E-state index < -0.39 is 11.0 Å². The highest BCUT2D eigenvalue weighted by atomic mass is 79.9. The van der Waals surface area contributed by atoms with Crippen LogP contribution in [-0.4, -0.2) is 39.8 Å². The third-order valence-corrected chi connectivity index (χ3v) is 3.26. The van der Waals surface area contributed by atoms with Crippen molar-refractivity contribution in [2.24, 2.45) is 0 Å². The first kappa shape index (κ1) is 16.4. The molecule has 8 heteroatoms. The molecular formula is C12H17BrN4O3. The third-order valence-electron chi connectivity index (χ3n) is 2.83. The van der Waals surface area contributed by atoms with E-state index in [1.165, 1.54) is 12.3 Å². The first-order valence-electron chi connectivity index (χ1n) is 6.25. The molecule has 0 bridgehead atoms. The molecule has 0 saturated heterocycles. The van der Waals surface area contributed by atoms with Crippen molar-refractivity contribution in [3.05, 3.63) is 26.9 Å². The molecule has 1 amide bonds. The largest absolute Gasteiger partial charge is 0.353 e. The van der Waals surface area contributed by atoms with Crippen LogP contribution < -0.4 is 5.32 Å². The minimum atomic E-state index is -0.581. The van der Waals surface area contributed by atoms with Crippen LogP contribution in [0, 0.1) is 10.1 Å². The molecule has 0 aliphatic rings. The molecule has 0 aliphatic carbocycles. The number of carbonyl (C=O) groups is 1. The standard InChI is InChI=1S/C12H17BrN4O3/c1-4-16(5-2)12(18)8(3)15-11-10(17(19)20)6-9(13)7-14-11/h6-8H,4-5H2,1-3H3,(H,14,15). The molecule has 0 saturated carbocycles. The van der Waals surface area contributed by atoms with Crippen molar-refractivity contribution in [1.29, 1.82) is 0 Å². The van der Waals surface area contributed by atoms with Gasteiger partial charge in [0.2, 0.25) is 11.7 Å². The lowest BCUT2D eigenvalue weighted by molar-refractivity contribution is -0.384. The van der Waals surface area contributed by atoms with Crippen LogP contribution in [0.3, 0.4) is 0 Å². The lowest BCUT2D eigenvalue weighted by Crippen LogP contribution is -2.41. The molecule has 1 aromatic rings. The summed E-state index contributed by atoms with van der Waals surface area (Å²) in [7, 11) is 0. The minimum absolute atomic E-state index is 0.0891. The molecule has 110 valence electrons. The van der Waals surface area contributed by atoms with Gasteiger partial charge in [0.05, 0.1) is 4.92 Å². The van der Waals surface area contributed by atoms with Gasteiger partial charge in [-0.05, 0) is 36.7 Å². The average Bonchev–Trinajstić information content (AvgIpc) is 2.41. The van der Waals surface area contributed by atoms with Crippen molar-refractivity contribution in [1.82, 2.24) is 9.88 Å². The summed E-state index contributed by atoms with van der Waals surface area (Å²) < 4.78 is 0.512. The number of carbonyl (C=O) groups excluding carboxylic acids is 1. The lowest BCUT2D eigenvalue weighted by Gasteiger charge is -2.23. The van der Waals surface area contributed by atoms with Gasteiger partial charge in [0, 0.05) is 29.8 Å². The molecule has 0 fully saturated rings. The van der Waals surface area contributed by atoms with Crippen molar-refractivity contribution in [2.75, 3.05) is 18.4 Å². The number of pyridine rings is 1. The zero-order valence-electron chi connectivity index (χ0n) is 11.6. The van der Waals surface area contributed by atoms with Crippen LogP contribution in [0.15, 0.2) is 16.7 Å². The maximum atomic E-state index is 12.1. The Morgan fingerprint density at radius 3 is 2.65 bits per heavy atom. The quantitative estimate of drug-likeness (QED) is 0.632. The highest BCUT2D eigenvalue weighted by molar-refractivity contribution is 9.10. The maximum absolute atomic E-state index is 12.1. The second-order valence-electron chi connectivity index (χ2n) is 4.15. The predicted molar refractivity (Wildman–Crippen MR) is 79.6 cm³/mol. The number of hydrogen-bond donors (Lipinski definition) is 1. The second-order valence-corrected chi connectivity index (χ2v) is 5.07. The van der Waals surface area contributed by atoms with E-state index >= 15 is 0 Å². The first-order chi connectivity index (χ1) is 9.40. The molecule has 1 unspecified atom stereocenters. The Labute approximate surface area is 125 Å². The van der Waals surface area contributed by atoms with Crippen molar-refractivity contribution in [2.45, 2.75) is 26.8 Å². The molecular weight excluding hydrogens is 328 g/mol. The number of rotatable bonds is 6. The molecule has 20 heavy (non-hydrogen) atoms. The Bertz CT molecular complexity index is 505. The van der Waals surface area contributed by atoms with E-state index in [0.717, 1.165) is 0 Å². The Morgan fingerprint density at radius 1 is 1.55 bits per heavy atom. The third kappa shape index (κ3) is 3.89. The van der Waals surface area contributed by atoms with Gasteiger partial charge in [-0.15, -0.1) is 0 Å². The molecule has 0 radical (unpaired) electrons. The molecule has 1 atom stereocenters. The molecule has 1 aromatic heterocycles. The topological polar surface area (TPSA) is 88.4 Å². The monoisotopic (exact) mass is 344 g/mol. The van der Waals surface area contributed by atoms with Gasteiger partial charge < -0.3 is 10.2 Å². The van der Waals surface area contributed by atoms with E-state index in [-0.39, 0.29) is 17.4 Å². The van der Waals surface area contributed by atoms with Gasteiger partial charge in [0.15, 0.2) is 0 Å². The van der Waals surface area contributed by atoms with Gasteiger partial charge in [-0.2, -0.15) is 0 Å². The highest BCUT2D eigenvalue weighted by Gasteiger charge is 2.23. The second kappa shape index (κ2) is 7.18. The number of halogens is 1. The van der Waals surface area contributed by atoms with E-state index in [0.29, 0.717) is 17.6 Å². The number of likely N-dealkylation sites (N-methyl/N-ethyl adjacent to an activating group) is 1. The van der Waals surface area contributed by atoms with Gasteiger partial charge in [-0.3, -0.25) is 14.9 Å². The average molecular weight is 345 g/mol. The van der Waals surface area contributed by atoms with Crippen LogP contribution in [0.5, 0.6) is 0 Å². The van der Waals surface area contributed by atoms with Crippen LogP contribution in [0.4, 0.5) is 11.5 Å². The van der Waals surface area contributed by atoms with Crippen molar-refractivity contribution in [3.8, 4) is 0 Å². The number of aromatic nitrogens is 1. The number of nitrogens with one attached hydrogen (secondary N) is 1. The van der Waals surface area contributed by atoms with Crippen LogP contribution in [0.2, 0.25) is 0 Å². The number of nitrogens with zero attached hydrogens (tertiary/aromatic N) is 3. The zero-order chi connectivity index (χ0) is 15.3. The van der Waals surface area contributed by atoms with Crippen molar-refractivity contribution in [3.63, 3.8) is 0 Å². The summed E-state index contributed by atoms with van der Waals surface area (Å²) in [6, 6.07) is 0.770. The summed E-state index contributed by atoms with van der Waals surface area (Å²) in [5, 5.41) is 13.8. The number of amides is 1. The molecule has 0 spiro atoms. The minimum Gasteiger partial charge on any atom is -0.353 e. The predicted octanol–water partition coefficient (Wildman–Crippen LogP) is 2.42. The fourth-order valence-electron chi connectivity index (χ4n) is 1.75. The maximum Gasteiger partial charge on any atom is 0.312 e. The smallest absolute Gasteiger partial charge is 0.312 e. The Balaban J connectivity index is 2.93. The molecule has 0 aliphatic heterocycles. The Hall–Kier alpha value is -1.70. The summed E-state index contributed by atoms with van der Waals surface area (Å²) in [6.45, 7) is 6.62. The van der Waals surface area contributed by atoms with Crippen LogP contribution in [-0.2, 0) is 4.79 Å². The molecule has 7 nitrogen and oxygen atoms in total. The van der Waals surface area contributed by atoms with E-state index in [1.54, 1.807) is 11.8 Å². The van der Waals surface area contributed by atoms with E-state index in [1.807, 2.05) is 13.8 Å². The van der Waals surface area contributed by atoms with Crippen LogP contribution in [0.25, 0.3) is 0 Å². The fraction of sp³-hybridized carbons (Fsp3) is 0.500. The summed E-state index contributed by atoms with van der Waals surface area (Å²) >= 11 is 3.14. The normalized spacial score (nSPS) is 11.8. The molecule has 1 rings (SSSR count). The Morgan fingerprint density at radius 2 is 2.15 bits per heavy atom.